The molecule has 1 rings (SSSR count). The van der Waals surface area contributed by atoms with Crippen LogP contribution in [0.2, 0.25) is 0 Å². The standard InChI is InChI=1S/C12H21N3S/c1-10(2)5-7-14-12(13)15-8-6-11-4-3-9-16-11/h3-4,9-10H,5-8H2,1-2H3,(H3,13,14,15). The Morgan fingerprint density at radius 3 is 3.00 bits per heavy atom. The van der Waals surface area contributed by atoms with Gasteiger partial charge in [-0.2, -0.15) is 0 Å². The zero-order valence-electron chi connectivity index (χ0n) is 10.1. The summed E-state index contributed by atoms with van der Waals surface area (Å²) < 4.78 is 0. The highest BCUT2D eigenvalue weighted by Gasteiger charge is 1.96. The largest absolute Gasteiger partial charge is 0.370 e. The fourth-order valence-electron chi connectivity index (χ4n) is 1.27. The third-order valence-electron chi connectivity index (χ3n) is 2.25. The summed E-state index contributed by atoms with van der Waals surface area (Å²) in [5.74, 6) is 1.25. The highest BCUT2D eigenvalue weighted by atomic mass is 32.1. The van der Waals surface area contributed by atoms with E-state index in [1.165, 1.54) is 4.88 Å². The molecule has 4 heteroatoms. The zero-order chi connectivity index (χ0) is 11.8. The Hall–Kier alpha value is -1.03. The van der Waals surface area contributed by atoms with Crippen molar-refractivity contribution in [1.82, 2.24) is 5.32 Å². The maximum absolute atomic E-state index is 5.74. The van der Waals surface area contributed by atoms with Crippen LogP contribution in [0, 0.1) is 5.92 Å². The van der Waals surface area contributed by atoms with E-state index < -0.39 is 0 Å². The molecule has 0 saturated heterocycles. The fourth-order valence-corrected chi connectivity index (χ4v) is 1.98. The first kappa shape index (κ1) is 13.0. The molecule has 0 bridgehead atoms. The molecule has 0 radical (unpaired) electrons. The molecular weight excluding hydrogens is 218 g/mol. The van der Waals surface area contributed by atoms with E-state index in [9.17, 15) is 0 Å². The van der Waals surface area contributed by atoms with Gasteiger partial charge in [-0.05, 0) is 30.2 Å². The topological polar surface area (TPSA) is 50.4 Å². The number of guanidine groups is 1. The van der Waals surface area contributed by atoms with Crippen molar-refractivity contribution < 1.29 is 0 Å². The van der Waals surface area contributed by atoms with Gasteiger partial charge in [-0.25, -0.2) is 0 Å². The summed E-state index contributed by atoms with van der Waals surface area (Å²) in [5, 5.41) is 5.22. The van der Waals surface area contributed by atoms with E-state index >= 15 is 0 Å². The van der Waals surface area contributed by atoms with Gasteiger partial charge >= 0.3 is 0 Å². The summed E-state index contributed by atoms with van der Waals surface area (Å²) in [6.45, 7) is 6.05. The lowest BCUT2D eigenvalue weighted by molar-refractivity contribution is 0.595. The van der Waals surface area contributed by atoms with Crippen LogP contribution in [-0.2, 0) is 6.42 Å². The molecule has 1 heterocycles. The summed E-state index contributed by atoms with van der Waals surface area (Å²) in [6, 6.07) is 4.21. The number of hydrogen-bond acceptors (Lipinski definition) is 2. The molecule has 0 aliphatic heterocycles. The maximum atomic E-state index is 5.74. The predicted octanol–water partition coefficient (Wildman–Crippen LogP) is 2.24. The molecule has 1 aromatic rings. The van der Waals surface area contributed by atoms with E-state index in [2.05, 4.69) is 41.7 Å². The maximum Gasteiger partial charge on any atom is 0.188 e. The van der Waals surface area contributed by atoms with Gasteiger partial charge in [-0.15, -0.1) is 11.3 Å². The van der Waals surface area contributed by atoms with Gasteiger partial charge in [0.1, 0.15) is 0 Å². The van der Waals surface area contributed by atoms with Gasteiger partial charge in [-0.3, -0.25) is 4.99 Å². The van der Waals surface area contributed by atoms with Crippen molar-refractivity contribution in [2.75, 3.05) is 13.1 Å². The molecular formula is C12H21N3S. The van der Waals surface area contributed by atoms with E-state index in [0.717, 1.165) is 25.9 Å². The molecule has 90 valence electrons. The summed E-state index contributed by atoms with van der Waals surface area (Å²) in [6.07, 6.45) is 2.10. The van der Waals surface area contributed by atoms with Gasteiger partial charge in [0.25, 0.3) is 0 Å². The van der Waals surface area contributed by atoms with Crippen LogP contribution in [0.1, 0.15) is 25.1 Å². The first-order valence-corrected chi connectivity index (χ1v) is 6.62. The number of nitrogens with one attached hydrogen (secondary N) is 1. The van der Waals surface area contributed by atoms with Crippen LogP contribution >= 0.6 is 11.3 Å². The number of aliphatic imine (C=N–C) groups is 1. The van der Waals surface area contributed by atoms with Crippen LogP contribution in [0.25, 0.3) is 0 Å². The summed E-state index contributed by atoms with van der Waals surface area (Å²) in [7, 11) is 0. The Morgan fingerprint density at radius 2 is 2.38 bits per heavy atom. The number of thiophene rings is 1. The fraction of sp³-hybridized carbons (Fsp3) is 0.583. The second-order valence-electron chi connectivity index (χ2n) is 4.21. The molecule has 0 saturated carbocycles. The SMILES string of the molecule is CC(C)CCN=C(N)NCCc1cccs1. The van der Waals surface area contributed by atoms with Crippen molar-refractivity contribution in [3.63, 3.8) is 0 Å². The number of rotatable bonds is 6. The Kier molecular flexibility index (Phi) is 5.93. The van der Waals surface area contributed by atoms with Gasteiger partial charge < -0.3 is 11.1 Å². The number of nitrogens with two attached hydrogens (primary N) is 1. The average Bonchev–Trinajstić information content (AvgIpc) is 2.70. The average molecular weight is 239 g/mol. The van der Waals surface area contributed by atoms with Crippen LogP contribution in [-0.4, -0.2) is 19.0 Å². The quantitative estimate of drug-likeness (QED) is 0.591. The highest BCUT2D eigenvalue weighted by Crippen LogP contribution is 2.07. The van der Waals surface area contributed by atoms with E-state index in [-0.39, 0.29) is 0 Å². The van der Waals surface area contributed by atoms with Crippen molar-refractivity contribution in [2.24, 2.45) is 16.6 Å². The smallest absolute Gasteiger partial charge is 0.188 e. The minimum Gasteiger partial charge on any atom is -0.370 e. The van der Waals surface area contributed by atoms with Gasteiger partial charge in [0.15, 0.2) is 5.96 Å². The van der Waals surface area contributed by atoms with Crippen molar-refractivity contribution in [1.29, 1.82) is 0 Å². The highest BCUT2D eigenvalue weighted by molar-refractivity contribution is 7.09. The van der Waals surface area contributed by atoms with E-state index in [1.54, 1.807) is 11.3 Å². The van der Waals surface area contributed by atoms with Crippen molar-refractivity contribution in [3.05, 3.63) is 22.4 Å². The van der Waals surface area contributed by atoms with Crippen LogP contribution in [0.4, 0.5) is 0 Å². The summed E-state index contributed by atoms with van der Waals surface area (Å²) in [5.41, 5.74) is 5.74. The third-order valence-corrected chi connectivity index (χ3v) is 3.18. The molecule has 0 aliphatic rings. The molecule has 3 nitrogen and oxygen atoms in total. The lowest BCUT2D eigenvalue weighted by Crippen LogP contribution is -2.33. The number of hydrogen-bond donors (Lipinski definition) is 2. The van der Waals surface area contributed by atoms with Crippen LogP contribution < -0.4 is 11.1 Å². The molecule has 0 aromatic carbocycles. The predicted molar refractivity (Wildman–Crippen MR) is 72.0 cm³/mol. The second kappa shape index (κ2) is 7.28. The molecule has 16 heavy (non-hydrogen) atoms. The van der Waals surface area contributed by atoms with Crippen LogP contribution in [0.5, 0.6) is 0 Å². The van der Waals surface area contributed by atoms with E-state index in [0.29, 0.717) is 11.9 Å². The van der Waals surface area contributed by atoms with Crippen LogP contribution in [0.3, 0.4) is 0 Å². The second-order valence-corrected chi connectivity index (χ2v) is 5.24. The first-order valence-electron chi connectivity index (χ1n) is 5.74. The summed E-state index contributed by atoms with van der Waals surface area (Å²) >= 11 is 1.78. The minimum atomic E-state index is 0.567. The van der Waals surface area contributed by atoms with Gasteiger partial charge in [0.05, 0.1) is 0 Å². The van der Waals surface area contributed by atoms with Crippen LogP contribution in [0.15, 0.2) is 22.5 Å². The molecule has 1 aromatic heterocycles. The normalized spacial score (nSPS) is 12.1. The Morgan fingerprint density at radius 1 is 1.56 bits per heavy atom. The van der Waals surface area contributed by atoms with Gasteiger partial charge in [0, 0.05) is 18.0 Å². The Labute approximate surface area is 102 Å². The van der Waals surface area contributed by atoms with Gasteiger partial charge in [0.2, 0.25) is 0 Å². The molecule has 3 N–H and O–H groups in total. The zero-order valence-corrected chi connectivity index (χ0v) is 10.9. The van der Waals surface area contributed by atoms with E-state index in [4.69, 9.17) is 5.73 Å². The monoisotopic (exact) mass is 239 g/mol. The lowest BCUT2D eigenvalue weighted by Gasteiger charge is -2.05. The number of nitrogens with zero attached hydrogens (tertiary/aromatic N) is 1. The minimum absolute atomic E-state index is 0.567. The lowest BCUT2D eigenvalue weighted by atomic mass is 10.1. The van der Waals surface area contributed by atoms with E-state index in [1.807, 2.05) is 0 Å². The Balaban J connectivity index is 2.12. The summed E-state index contributed by atoms with van der Waals surface area (Å²) in [4.78, 5) is 5.65. The first-order chi connectivity index (χ1) is 7.68. The molecule has 0 amide bonds. The molecule has 0 atom stereocenters. The van der Waals surface area contributed by atoms with Gasteiger partial charge in [-0.1, -0.05) is 19.9 Å². The van der Waals surface area contributed by atoms with Crippen molar-refractivity contribution in [3.8, 4) is 0 Å². The molecule has 0 spiro atoms. The molecule has 0 fully saturated rings. The molecule has 0 aliphatic carbocycles. The van der Waals surface area contributed by atoms with Crippen molar-refractivity contribution in [2.45, 2.75) is 26.7 Å². The third kappa shape index (κ3) is 5.75. The van der Waals surface area contributed by atoms with Crippen molar-refractivity contribution >= 4 is 17.3 Å². The Bertz CT molecular complexity index is 304. The molecule has 0 unspecified atom stereocenters.